The lowest BCUT2D eigenvalue weighted by molar-refractivity contribution is -0.104. The van der Waals surface area contributed by atoms with E-state index in [2.05, 4.69) is 0 Å². The molecule has 0 aliphatic carbocycles. The summed E-state index contributed by atoms with van der Waals surface area (Å²) in [5.41, 5.74) is 0. The second kappa shape index (κ2) is 4.53. The van der Waals surface area contributed by atoms with E-state index < -0.39 is 6.10 Å². The highest BCUT2D eigenvalue weighted by Gasteiger charge is 1.89. The standard InChI is InChI=1S/C6H10O2/c1-2-6(8)4-3-5-7/h3-6,8H,2H2,1H3/b4-3+/i1+1,2+1. The molecular weight excluding hydrogens is 106 g/mol. The smallest absolute Gasteiger partial charge is 0.142 e. The third kappa shape index (κ3) is 3.56. The fourth-order valence-electron chi connectivity index (χ4n) is 0.310. The van der Waals surface area contributed by atoms with Gasteiger partial charge in [0.25, 0.3) is 0 Å². The van der Waals surface area contributed by atoms with E-state index in [0.29, 0.717) is 12.7 Å². The van der Waals surface area contributed by atoms with Gasteiger partial charge in [-0.1, -0.05) is 13.0 Å². The van der Waals surface area contributed by atoms with Gasteiger partial charge in [0, 0.05) is 0 Å². The second-order valence-corrected chi connectivity index (χ2v) is 1.50. The summed E-state index contributed by atoms with van der Waals surface area (Å²) >= 11 is 0. The van der Waals surface area contributed by atoms with E-state index in [1.165, 1.54) is 12.2 Å². The molecule has 0 aliphatic rings. The van der Waals surface area contributed by atoms with Gasteiger partial charge in [-0.25, -0.2) is 0 Å². The Bertz CT molecular complexity index is 86.5. The van der Waals surface area contributed by atoms with Crippen LogP contribution in [0, 0.1) is 0 Å². The molecule has 0 amide bonds. The topological polar surface area (TPSA) is 37.3 Å². The highest BCUT2D eigenvalue weighted by Crippen LogP contribution is 1.88. The monoisotopic (exact) mass is 116 g/mol. The molecule has 0 bridgehead atoms. The van der Waals surface area contributed by atoms with Gasteiger partial charge in [0.05, 0.1) is 6.10 Å². The van der Waals surface area contributed by atoms with Crippen molar-refractivity contribution < 1.29 is 9.90 Å². The molecule has 46 valence electrons. The number of rotatable bonds is 3. The fourth-order valence-corrected chi connectivity index (χ4v) is 0.310. The van der Waals surface area contributed by atoms with E-state index in [0.717, 1.165) is 0 Å². The van der Waals surface area contributed by atoms with Crippen LogP contribution in [0.3, 0.4) is 0 Å². The first kappa shape index (κ1) is 7.37. The van der Waals surface area contributed by atoms with Gasteiger partial charge in [-0.15, -0.1) is 0 Å². The minimum absolute atomic E-state index is 0.458. The van der Waals surface area contributed by atoms with Crippen molar-refractivity contribution in [1.29, 1.82) is 0 Å². The van der Waals surface area contributed by atoms with Gasteiger partial charge in [0.1, 0.15) is 6.29 Å². The number of aliphatic hydroxyl groups is 1. The predicted octanol–water partition coefficient (Wildman–Crippen LogP) is 0.512. The third-order valence-corrected chi connectivity index (χ3v) is 0.830. The molecule has 2 heteroatoms. The number of aliphatic hydroxyl groups excluding tert-OH is 1. The highest BCUT2D eigenvalue weighted by molar-refractivity contribution is 5.64. The van der Waals surface area contributed by atoms with Crippen molar-refractivity contribution in [3.63, 3.8) is 0 Å². The average Bonchev–Trinajstić information content (AvgIpc) is 1.83. The van der Waals surface area contributed by atoms with Gasteiger partial charge < -0.3 is 5.11 Å². The predicted molar refractivity (Wildman–Crippen MR) is 31.5 cm³/mol. The van der Waals surface area contributed by atoms with Crippen molar-refractivity contribution in [3.05, 3.63) is 12.2 Å². The fraction of sp³-hybridized carbons (Fsp3) is 0.500. The van der Waals surface area contributed by atoms with Crippen LogP contribution < -0.4 is 0 Å². The zero-order chi connectivity index (χ0) is 6.41. The molecule has 0 heterocycles. The molecule has 0 saturated heterocycles. The van der Waals surface area contributed by atoms with Gasteiger partial charge in [0.2, 0.25) is 0 Å². The molecule has 0 saturated carbocycles. The Morgan fingerprint density at radius 1 is 1.75 bits per heavy atom. The molecule has 8 heavy (non-hydrogen) atoms. The summed E-state index contributed by atoms with van der Waals surface area (Å²) in [4.78, 5) is 9.63. The van der Waals surface area contributed by atoms with Gasteiger partial charge in [0.15, 0.2) is 0 Å². The lowest BCUT2D eigenvalue weighted by atomic mass is 10.4. The first-order valence-corrected chi connectivity index (χ1v) is 2.61. The Morgan fingerprint density at radius 3 is 2.75 bits per heavy atom. The Balaban J connectivity index is 3.35. The Hall–Kier alpha value is -0.630. The van der Waals surface area contributed by atoms with Gasteiger partial charge in [-0.3, -0.25) is 4.79 Å². The number of hydrogen-bond acceptors (Lipinski definition) is 2. The minimum atomic E-state index is -0.458. The summed E-state index contributed by atoms with van der Waals surface area (Å²) < 4.78 is 0. The molecule has 0 aliphatic heterocycles. The van der Waals surface area contributed by atoms with Crippen LogP contribution >= 0.6 is 0 Å². The lowest BCUT2D eigenvalue weighted by Crippen LogP contribution is -1.97. The summed E-state index contributed by atoms with van der Waals surface area (Å²) in [5.74, 6) is 0. The van der Waals surface area contributed by atoms with E-state index in [-0.39, 0.29) is 0 Å². The van der Waals surface area contributed by atoms with Crippen molar-refractivity contribution in [2.75, 3.05) is 0 Å². The molecule has 0 aromatic heterocycles. The molecular formula is C6H10O2. The van der Waals surface area contributed by atoms with Gasteiger partial charge in [-0.2, -0.15) is 0 Å². The zero-order valence-electron chi connectivity index (χ0n) is 4.87. The highest BCUT2D eigenvalue weighted by atomic mass is 16.3. The second-order valence-electron chi connectivity index (χ2n) is 1.50. The maximum atomic E-state index is 9.63. The molecule has 0 rings (SSSR count). The van der Waals surface area contributed by atoms with Crippen LogP contribution in [-0.4, -0.2) is 17.5 Å². The number of carbonyl (C=O) groups excluding carboxylic acids is 1. The minimum Gasteiger partial charge on any atom is -0.389 e. The molecule has 0 spiro atoms. The summed E-state index contributed by atoms with van der Waals surface area (Å²) in [6.45, 7) is 1.85. The summed E-state index contributed by atoms with van der Waals surface area (Å²) in [6.07, 6.45) is 3.62. The summed E-state index contributed by atoms with van der Waals surface area (Å²) in [7, 11) is 0. The molecule has 0 fully saturated rings. The molecule has 0 aromatic carbocycles. The van der Waals surface area contributed by atoms with Gasteiger partial charge in [-0.05, 0) is 12.5 Å². The lowest BCUT2D eigenvalue weighted by Gasteiger charge is -1.94. The van der Waals surface area contributed by atoms with Crippen molar-refractivity contribution in [2.24, 2.45) is 0 Å². The van der Waals surface area contributed by atoms with Crippen LogP contribution in [-0.2, 0) is 4.79 Å². The largest absolute Gasteiger partial charge is 0.389 e. The van der Waals surface area contributed by atoms with Crippen LogP contribution in [0.4, 0.5) is 0 Å². The van der Waals surface area contributed by atoms with E-state index in [1.807, 2.05) is 6.92 Å². The van der Waals surface area contributed by atoms with E-state index in [9.17, 15) is 4.79 Å². The zero-order valence-corrected chi connectivity index (χ0v) is 4.87. The van der Waals surface area contributed by atoms with Crippen molar-refractivity contribution in [2.45, 2.75) is 19.4 Å². The molecule has 1 unspecified atom stereocenters. The maximum Gasteiger partial charge on any atom is 0.142 e. The maximum absolute atomic E-state index is 9.63. The van der Waals surface area contributed by atoms with Crippen molar-refractivity contribution in [1.82, 2.24) is 0 Å². The van der Waals surface area contributed by atoms with E-state index >= 15 is 0 Å². The molecule has 0 aromatic rings. The Morgan fingerprint density at radius 2 is 2.38 bits per heavy atom. The SMILES string of the molecule is [13CH3][13CH2]C(O)/C=C/C=O. The van der Waals surface area contributed by atoms with Crippen molar-refractivity contribution >= 4 is 6.29 Å². The van der Waals surface area contributed by atoms with Crippen LogP contribution in [0.5, 0.6) is 0 Å². The Kier molecular flexibility index (Phi) is 4.17. The van der Waals surface area contributed by atoms with E-state index in [4.69, 9.17) is 5.11 Å². The Labute approximate surface area is 48.8 Å². The first-order chi connectivity index (χ1) is 3.81. The number of allylic oxidation sites excluding steroid dienone is 1. The van der Waals surface area contributed by atoms with Crippen molar-refractivity contribution in [3.8, 4) is 0 Å². The number of aldehydes is 1. The molecule has 2 nitrogen and oxygen atoms in total. The van der Waals surface area contributed by atoms with Crippen LogP contribution in [0.25, 0.3) is 0 Å². The van der Waals surface area contributed by atoms with Crippen LogP contribution in [0.15, 0.2) is 12.2 Å². The third-order valence-electron chi connectivity index (χ3n) is 0.830. The normalized spacial score (nSPS) is 14.2. The van der Waals surface area contributed by atoms with Gasteiger partial charge >= 0.3 is 0 Å². The number of hydrogen-bond donors (Lipinski definition) is 1. The summed E-state index contributed by atoms with van der Waals surface area (Å²) in [5, 5.41) is 8.74. The number of carbonyl (C=O) groups is 1. The first-order valence-electron chi connectivity index (χ1n) is 2.61. The van der Waals surface area contributed by atoms with Crippen LogP contribution in [0.1, 0.15) is 13.3 Å². The molecule has 1 atom stereocenters. The van der Waals surface area contributed by atoms with Crippen LogP contribution in [0.2, 0.25) is 0 Å². The summed E-state index contributed by atoms with van der Waals surface area (Å²) in [6, 6.07) is 0. The molecule has 1 N–H and O–H groups in total. The average molecular weight is 116 g/mol. The van der Waals surface area contributed by atoms with E-state index in [1.54, 1.807) is 0 Å². The molecule has 0 radical (unpaired) electrons. The quantitative estimate of drug-likeness (QED) is 0.331.